The van der Waals surface area contributed by atoms with Crippen LogP contribution in [0.25, 0.3) is 0 Å². The Hall–Kier alpha value is 3.33. The van der Waals surface area contributed by atoms with Gasteiger partial charge in [0.2, 0.25) is 0 Å². The number of hydrogen-bond donors (Lipinski definition) is 0. The van der Waals surface area contributed by atoms with Crippen LogP contribution in [-0.4, -0.2) is 0 Å². The van der Waals surface area contributed by atoms with Crippen LogP contribution in [-0.2, 0) is 12.3 Å². The summed E-state index contributed by atoms with van der Waals surface area (Å²) in [6.07, 6.45) is 0. The third kappa shape index (κ3) is 58.3. The molecule has 0 unspecified atom stereocenters. The second-order valence-electron chi connectivity index (χ2n) is 0.511. The van der Waals surface area contributed by atoms with Crippen LogP contribution in [0.15, 0.2) is 0 Å². The first-order chi connectivity index (χ1) is 3.41. The van der Waals surface area contributed by atoms with Gasteiger partial charge in [-0.2, -0.15) is 0 Å². The van der Waals surface area contributed by atoms with Gasteiger partial charge in [-0.05, 0) is 0 Å². The first-order valence-corrected chi connectivity index (χ1v) is 12.3. The quantitative estimate of drug-likeness (QED) is 0.281. The van der Waals surface area contributed by atoms with E-state index in [0.29, 0.717) is 0 Å². The molecule has 0 heterocycles. The first-order valence-electron chi connectivity index (χ1n) is 1.19. The van der Waals surface area contributed by atoms with Crippen molar-refractivity contribution in [2.75, 3.05) is 0 Å². The number of rotatable bonds is 0. The summed E-state index contributed by atoms with van der Waals surface area (Å²) in [4.78, 5) is 0. The number of hydrogen-bond acceptors (Lipinski definition) is 0. The fourth-order valence-corrected chi connectivity index (χ4v) is 0. The van der Waals surface area contributed by atoms with Gasteiger partial charge >= 0.3 is 49.6 Å². The van der Waals surface area contributed by atoms with E-state index in [-0.39, 0.29) is 0 Å². The first kappa shape index (κ1) is 13.9. The van der Waals surface area contributed by atoms with Crippen molar-refractivity contribution < 1.29 is 12.3 Å². The minimum absolute atomic E-state index is 1.94. The maximum absolute atomic E-state index is 5.01. The monoisotopic (exact) mass is 455 g/mol. The zero-order chi connectivity index (χ0) is 7.21. The van der Waals surface area contributed by atoms with E-state index in [2.05, 4.69) is 45.2 Å². The van der Waals surface area contributed by atoms with Gasteiger partial charge in [0.15, 0.2) is 0 Å². The molecule has 0 aromatic rings. The van der Waals surface area contributed by atoms with Crippen molar-refractivity contribution in [1.29, 1.82) is 0 Å². The topological polar surface area (TPSA) is 0 Å². The molecular weight excluding hydrogens is 455 g/mol. The zero-order valence-corrected chi connectivity index (χ0v) is 12.2. The second-order valence-corrected chi connectivity index (χ2v) is 19.6. The van der Waals surface area contributed by atoms with Crippen LogP contribution >= 0.6 is 82.4 Å². The van der Waals surface area contributed by atoms with Crippen LogP contribution < -0.4 is 0 Å². The third-order valence-corrected chi connectivity index (χ3v) is 0. The summed E-state index contributed by atoms with van der Waals surface area (Å²) >= 11 is 1.19. The molecule has 0 aromatic heterocycles. The van der Waals surface area contributed by atoms with Crippen molar-refractivity contribution in [2.45, 2.75) is 0 Å². The molecule has 8 heavy (non-hydrogen) atoms. The summed E-state index contributed by atoms with van der Waals surface area (Å²) in [6.45, 7) is 0. The molecule has 0 aliphatic carbocycles. The molecule has 0 saturated carbocycles. The average molecular weight is 457 g/mol. The van der Waals surface area contributed by atoms with Gasteiger partial charge in [0.25, 0.3) is 0 Å². The fraction of sp³-hybridized carbons (Fsp3) is 0. The fourth-order valence-electron chi connectivity index (χ4n) is 0. The van der Waals surface area contributed by atoms with E-state index in [1.165, 1.54) is 0 Å². The minimum atomic E-state index is -3.11. The molecule has 0 aliphatic rings. The van der Waals surface area contributed by atoms with E-state index in [1.807, 2.05) is 2.43 Å². The Bertz CT molecular complexity index is 37.8. The molecule has 52 valence electrons. The number of halogens is 6. The molecule has 0 saturated heterocycles. The van der Waals surface area contributed by atoms with E-state index in [1.54, 1.807) is 0 Å². The molecular formula is CHCl4I2Ti-. The van der Waals surface area contributed by atoms with Crippen LogP contribution in [0.4, 0.5) is 0 Å². The van der Waals surface area contributed by atoms with Crippen molar-refractivity contribution >= 4 is 82.4 Å². The SMILES string of the molecule is I[CH-]I.[Cl][Ti]([Cl])([Cl])[Cl]. The molecule has 0 fully saturated rings. The van der Waals surface area contributed by atoms with E-state index >= 15 is 0 Å². The van der Waals surface area contributed by atoms with Crippen LogP contribution in [0.5, 0.6) is 0 Å². The van der Waals surface area contributed by atoms with Crippen molar-refractivity contribution in [3.05, 3.63) is 2.43 Å². The second kappa shape index (κ2) is 8.43. The Morgan fingerprint density at radius 2 is 1.00 bits per heavy atom. The zero-order valence-electron chi connectivity index (χ0n) is 3.35. The van der Waals surface area contributed by atoms with Crippen molar-refractivity contribution in [1.82, 2.24) is 0 Å². The molecule has 0 nitrogen and oxygen atoms in total. The van der Waals surface area contributed by atoms with Gasteiger partial charge in [0.05, 0.1) is 0 Å². The van der Waals surface area contributed by atoms with Crippen LogP contribution in [0.2, 0.25) is 0 Å². The Balaban J connectivity index is 0. The average Bonchev–Trinajstić information content (AvgIpc) is 1.27. The van der Waals surface area contributed by atoms with Crippen molar-refractivity contribution in [3.63, 3.8) is 0 Å². The summed E-state index contributed by atoms with van der Waals surface area (Å²) < 4.78 is 1.94. The van der Waals surface area contributed by atoms with Crippen molar-refractivity contribution in [2.24, 2.45) is 0 Å². The molecule has 0 radical (unpaired) electrons. The van der Waals surface area contributed by atoms with E-state index in [9.17, 15) is 0 Å². The molecule has 0 atom stereocenters. The summed E-state index contributed by atoms with van der Waals surface area (Å²) in [5.74, 6) is 0. The van der Waals surface area contributed by atoms with E-state index in [4.69, 9.17) is 37.2 Å². The molecule has 0 amide bonds. The van der Waals surface area contributed by atoms with Gasteiger partial charge in [0, 0.05) is 0 Å². The molecule has 0 N–H and O–H groups in total. The maximum atomic E-state index is 5.01. The predicted octanol–water partition coefficient (Wildman–Crippen LogP) is 4.73. The standard InChI is InChI=1S/CHI2.4ClH.Ti/c2-1-3;;;;;/h1H;4*1H;/q-1;;;;;+4/p-4. The normalized spacial score (nSPS) is 9.75. The third-order valence-electron chi connectivity index (χ3n) is 0. The molecule has 0 aromatic carbocycles. The van der Waals surface area contributed by atoms with Gasteiger partial charge in [-0.15, -0.1) is 0 Å². The molecule has 0 bridgehead atoms. The van der Waals surface area contributed by atoms with Gasteiger partial charge in [-0.25, -0.2) is 2.43 Å². The molecule has 0 rings (SSSR count). The Morgan fingerprint density at radius 3 is 1.00 bits per heavy atom. The Labute approximate surface area is 95.1 Å². The summed E-state index contributed by atoms with van der Waals surface area (Å²) in [5, 5.41) is 0. The summed E-state index contributed by atoms with van der Waals surface area (Å²) in [5.41, 5.74) is 0. The van der Waals surface area contributed by atoms with Crippen molar-refractivity contribution in [3.8, 4) is 0 Å². The Kier molecular flexibility index (Phi) is 14.6. The van der Waals surface area contributed by atoms with E-state index < -0.39 is 12.3 Å². The molecule has 7 heteroatoms. The predicted molar refractivity (Wildman–Crippen MR) is 55.8 cm³/mol. The van der Waals surface area contributed by atoms with Crippen LogP contribution in [0.1, 0.15) is 0 Å². The Morgan fingerprint density at radius 1 is 1.00 bits per heavy atom. The van der Waals surface area contributed by atoms with Gasteiger partial charge in [0.1, 0.15) is 0 Å². The van der Waals surface area contributed by atoms with Gasteiger partial charge < -0.3 is 45.2 Å². The molecule has 0 spiro atoms. The molecule has 0 aliphatic heterocycles. The van der Waals surface area contributed by atoms with E-state index in [0.717, 1.165) is 0 Å². The summed E-state index contributed by atoms with van der Waals surface area (Å²) in [6, 6.07) is 0. The van der Waals surface area contributed by atoms with Gasteiger partial charge in [-0.1, -0.05) is 0 Å². The van der Waals surface area contributed by atoms with Crippen LogP contribution in [0.3, 0.4) is 0 Å². The summed E-state index contributed by atoms with van der Waals surface area (Å²) in [7, 11) is 20.1. The van der Waals surface area contributed by atoms with Crippen LogP contribution in [0, 0.1) is 2.43 Å². The van der Waals surface area contributed by atoms with Gasteiger partial charge in [-0.3, -0.25) is 0 Å².